The molecule has 4 heteroatoms. The highest BCUT2D eigenvalue weighted by molar-refractivity contribution is 5.78. The van der Waals surface area contributed by atoms with E-state index >= 15 is 0 Å². The van der Waals surface area contributed by atoms with Crippen molar-refractivity contribution in [3.05, 3.63) is 30.1 Å². The Morgan fingerprint density at radius 3 is 2.65 bits per heavy atom. The summed E-state index contributed by atoms with van der Waals surface area (Å²) in [4.78, 5) is 17.9. The number of likely N-dealkylation sites (N-methyl/N-ethyl adjacent to an activating group) is 1. The van der Waals surface area contributed by atoms with E-state index in [2.05, 4.69) is 10.3 Å². The minimum absolute atomic E-state index is 0.0933. The average Bonchev–Trinajstić information content (AvgIpc) is 2.38. The van der Waals surface area contributed by atoms with Crippen LogP contribution in [0.2, 0.25) is 0 Å². The second kappa shape index (κ2) is 7.01. The monoisotopic (exact) mass is 235 g/mol. The summed E-state index contributed by atoms with van der Waals surface area (Å²) < 4.78 is 0. The van der Waals surface area contributed by atoms with Crippen LogP contribution < -0.4 is 5.32 Å². The number of hydrogen-bond donors (Lipinski definition) is 1. The van der Waals surface area contributed by atoms with E-state index in [0.29, 0.717) is 6.54 Å². The van der Waals surface area contributed by atoms with Gasteiger partial charge in [0.05, 0.1) is 12.2 Å². The number of nitrogens with zero attached hydrogens (tertiary/aromatic N) is 2. The molecule has 1 aromatic rings. The molecular weight excluding hydrogens is 214 g/mol. The first-order chi connectivity index (χ1) is 8.19. The Hall–Kier alpha value is -1.42. The third-order valence-corrected chi connectivity index (χ3v) is 2.81. The van der Waals surface area contributed by atoms with Gasteiger partial charge >= 0.3 is 0 Å². The Balaban J connectivity index is 2.43. The highest BCUT2D eigenvalue weighted by Crippen LogP contribution is 2.07. The molecule has 0 aliphatic rings. The summed E-state index contributed by atoms with van der Waals surface area (Å²) in [6.07, 6.45) is 1.76. The fourth-order valence-electron chi connectivity index (χ4n) is 1.67. The van der Waals surface area contributed by atoms with E-state index < -0.39 is 0 Å². The molecule has 1 heterocycles. The molecule has 1 aromatic heterocycles. The van der Waals surface area contributed by atoms with Gasteiger partial charge in [-0.05, 0) is 32.9 Å². The molecular formula is C13H21N3O. The van der Waals surface area contributed by atoms with Crippen molar-refractivity contribution in [1.29, 1.82) is 0 Å². The molecule has 1 N–H and O–H groups in total. The maximum atomic E-state index is 11.8. The van der Waals surface area contributed by atoms with Gasteiger partial charge < -0.3 is 10.2 Å². The molecule has 0 fully saturated rings. The van der Waals surface area contributed by atoms with Crippen molar-refractivity contribution in [3.8, 4) is 0 Å². The summed E-state index contributed by atoms with van der Waals surface area (Å²) in [5, 5.41) is 3.19. The van der Waals surface area contributed by atoms with Crippen LogP contribution in [0, 0.1) is 0 Å². The Kier molecular flexibility index (Phi) is 5.63. The highest BCUT2D eigenvalue weighted by atomic mass is 16.2. The molecule has 0 spiro atoms. The summed E-state index contributed by atoms with van der Waals surface area (Å²) in [5.74, 6) is 0.137. The van der Waals surface area contributed by atoms with E-state index in [1.807, 2.05) is 43.9 Å². The number of pyridine rings is 1. The maximum absolute atomic E-state index is 11.8. The zero-order valence-corrected chi connectivity index (χ0v) is 10.8. The predicted molar refractivity (Wildman–Crippen MR) is 68.6 cm³/mol. The van der Waals surface area contributed by atoms with Gasteiger partial charge in [0.15, 0.2) is 0 Å². The minimum atomic E-state index is 0.0933. The SMILES string of the molecule is CCN(CC)C(=O)CN[C@H](C)c1ccccn1. The molecule has 0 saturated heterocycles. The second-order valence-corrected chi connectivity index (χ2v) is 3.92. The lowest BCUT2D eigenvalue weighted by Gasteiger charge is -2.20. The van der Waals surface area contributed by atoms with Crippen LogP contribution in [-0.4, -0.2) is 35.4 Å². The Morgan fingerprint density at radius 2 is 2.12 bits per heavy atom. The highest BCUT2D eigenvalue weighted by Gasteiger charge is 2.11. The van der Waals surface area contributed by atoms with E-state index in [1.165, 1.54) is 0 Å². The van der Waals surface area contributed by atoms with Crippen molar-refractivity contribution < 1.29 is 4.79 Å². The van der Waals surface area contributed by atoms with Crippen molar-refractivity contribution in [2.24, 2.45) is 0 Å². The van der Waals surface area contributed by atoms with Gasteiger partial charge in [-0.1, -0.05) is 6.07 Å². The lowest BCUT2D eigenvalue weighted by molar-refractivity contribution is -0.129. The van der Waals surface area contributed by atoms with Gasteiger partial charge in [0, 0.05) is 25.3 Å². The van der Waals surface area contributed by atoms with Crippen LogP contribution in [-0.2, 0) is 4.79 Å². The number of amides is 1. The smallest absolute Gasteiger partial charge is 0.236 e. The summed E-state index contributed by atoms with van der Waals surface area (Å²) in [5.41, 5.74) is 0.958. The molecule has 94 valence electrons. The topological polar surface area (TPSA) is 45.2 Å². The Labute approximate surface area is 103 Å². The van der Waals surface area contributed by atoms with Crippen LogP contribution in [0.3, 0.4) is 0 Å². The normalized spacial score (nSPS) is 12.2. The fourth-order valence-corrected chi connectivity index (χ4v) is 1.67. The molecule has 0 aliphatic heterocycles. The fraction of sp³-hybridized carbons (Fsp3) is 0.538. The molecule has 0 aliphatic carbocycles. The maximum Gasteiger partial charge on any atom is 0.236 e. The second-order valence-electron chi connectivity index (χ2n) is 3.92. The quantitative estimate of drug-likeness (QED) is 0.814. The zero-order valence-electron chi connectivity index (χ0n) is 10.8. The lowest BCUT2D eigenvalue weighted by Crippen LogP contribution is -2.38. The molecule has 1 atom stereocenters. The van der Waals surface area contributed by atoms with Crippen molar-refractivity contribution in [1.82, 2.24) is 15.2 Å². The molecule has 0 bridgehead atoms. The standard InChI is InChI=1S/C13H21N3O/c1-4-16(5-2)13(17)10-15-11(3)12-8-6-7-9-14-12/h6-9,11,15H,4-5,10H2,1-3H3/t11-/m1/s1. The number of carbonyl (C=O) groups is 1. The summed E-state index contributed by atoms with van der Waals surface area (Å²) in [6.45, 7) is 7.87. The van der Waals surface area contributed by atoms with Gasteiger partial charge in [-0.3, -0.25) is 9.78 Å². The van der Waals surface area contributed by atoms with Crippen LogP contribution in [0.25, 0.3) is 0 Å². The number of aromatic nitrogens is 1. The predicted octanol–water partition coefficient (Wildman–Crippen LogP) is 1.60. The molecule has 0 aromatic carbocycles. The van der Waals surface area contributed by atoms with Crippen LogP contribution in [0.5, 0.6) is 0 Å². The van der Waals surface area contributed by atoms with E-state index in [0.717, 1.165) is 18.8 Å². The van der Waals surface area contributed by atoms with E-state index in [1.54, 1.807) is 6.20 Å². The van der Waals surface area contributed by atoms with E-state index in [4.69, 9.17) is 0 Å². The molecule has 4 nitrogen and oxygen atoms in total. The third-order valence-electron chi connectivity index (χ3n) is 2.81. The largest absolute Gasteiger partial charge is 0.342 e. The lowest BCUT2D eigenvalue weighted by atomic mass is 10.2. The van der Waals surface area contributed by atoms with Gasteiger partial charge in [0.2, 0.25) is 5.91 Å². The van der Waals surface area contributed by atoms with Crippen molar-refractivity contribution in [2.45, 2.75) is 26.8 Å². The van der Waals surface area contributed by atoms with Gasteiger partial charge in [0.1, 0.15) is 0 Å². The van der Waals surface area contributed by atoms with Crippen LogP contribution in [0.15, 0.2) is 24.4 Å². The first-order valence-electron chi connectivity index (χ1n) is 6.11. The zero-order chi connectivity index (χ0) is 12.7. The van der Waals surface area contributed by atoms with Crippen molar-refractivity contribution in [2.75, 3.05) is 19.6 Å². The summed E-state index contributed by atoms with van der Waals surface area (Å²) >= 11 is 0. The van der Waals surface area contributed by atoms with Gasteiger partial charge in [0.25, 0.3) is 0 Å². The van der Waals surface area contributed by atoms with Gasteiger partial charge in [-0.15, -0.1) is 0 Å². The van der Waals surface area contributed by atoms with Gasteiger partial charge in [-0.2, -0.15) is 0 Å². The minimum Gasteiger partial charge on any atom is -0.342 e. The van der Waals surface area contributed by atoms with Crippen molar-refractivity contribution in [3.63, 3.8) is 0 Å². The first kappa shape index (κ1) is 13.6. The molecule has 0 saturated carbocycles. The van der Waals surface area contributed by atoms with Gasteiger partial charge in [-0.25, -0.2) is 0 Å². The molecule has 1 amide bonds. The Morgan fingerprint density at radius 1 is 1.41 bits per heavy atom. The summed E-state index contributed by atoms with van der Waals surface area (Å²) in [6, 6.07) is 5.89. The Bertz CT molecular complexity index is 336. The van der Waals surface area contributed by atoms with Crippen LogP contribution in [0.4, 0.5) is 0 Å². The molecule has 17 heavy (non-hydrogen) atoms. The number of rotatable bonds is 6. The molecule has 0 unspecified atom stereocenters. The number of nitrogens with one attached hydrogen (secondary N) is 1. The van der Waals surface area contributed by atoms with Crippen LogP contribution >= 0.6 is 0 Å². The van der Waals surface area contributed by atoms with E-state index in [9.17, 15) is 4.79 Å². The molecule has 0 radical (unpaired) electrons. The summed E-state index contributed by atoms with van der Waals surface area (Å²) in [7, 11) is 0. The average molecular weight is 235 g/mol. The van der Waals surface area contributed by atoms with Crippen LogP contribution in [0.1, 0.15) is 32.5 Å². The molecule has 1 rings (SSSR count). The number of hydrogen-bond acceptors (Lipinski definition) is 3. The third kappa shape index (κ3) is 4.15. The van der Waals surface area contributed by atoms with Crippen molar-refractivity contribution >= 4 is 5.91 Å². The number of carbonyl (C=O) groups excluding carboxylic acids is 1. The van der Waals surface area contributed by atoms with E-state index in [-0.39, 0.29) is 11.9 Å². The first-order valence-corrected chi connectivity index (χ1v) is 6.11.